The number of nitrogens with zero attached hydrogens (tertiary/aromatic N) is 1. The molecule has 36 heavy (non-hydrogen) atoms. The lowest BCUT2D eigenvalue weighted by Crippen LogP contribution is -2.55. The summed E-state index contributed by atoms with van der Waals surface area (Å²) in [6.45, 7) is 7.58. The lowest BCUT2D eigenvalue weighted by atomic mass is 9.74. The summed E-state index contributed by atoms with van der Waals surface area (Å²) < 4.78 is 5.43. The van der Waals surface area contributed by atoms with Crippen LogP contribution in [-0.4, -0.2) is 54.2 Å². The van der Waals surface area contributed by atoms with Crippen molar-refractivity contribution >= 4 is 12.0 Å². The van der Waals surface area contributed by atoms with Gasteiger partial charge in [0.25, 0.3) is 0 Å². The molecule has 1 aliphatic carbocycles. The van der Waals surface area contributed by atoms with Crippen LogP contribution in [0.15, 0.2) is 54.6 Å². The van der Waals surface area contributed by atoms with Crippen molar-refractivity contribution in [3.8, 4) is 0 Å². The third-order valence-corrected chi connectivity index (χ3v) is 7.12. The van der Waals surface area contributed by atoms with Gasteiger partial charge in [-0.1, -0.05) is 60.2 Å². The number of carbonyl (C=O) groups is 2. The molecular weight excluding hydrogens is 450 g/mol. The van der Waals surface area contributed by atoms with Crippen molar-refractivity contribution in [3.05, 3.63) is 71.3 Å². The molecule has 0 spiro atoms. The second-order valence-corrected chi connectivity index (χ2v) is 11.5. The van der Waals surface area contributed by atoms with Crippen LogP contribution in [0.25, 0.3) is 0 Å². The van der Waals surface area contributed by atoms with Crippen LogP contribution < -0.4 is 10.6 Å². The van der Waals surface area contributed by atoms with E-state index in [9.17, 15) is 9.59 Å². The number of amides is 2. The number of carbonyl (C=O) groups excluding carboxylic acids is 2. The lowest BCUT2D eigenvalue weighted by molar-refractivity contribution is -0.124. The van der Waals surface area contributed by atoms with Crippen LogP contribution in [0.1, 0.15) is 63.1 Å². The van der Waals surface area contributed by atoms with Gasteiger partial charge in [0, 0.05) is 18.0 Å². The van der Waals surface area contributed by atoms with Gasteiger partial charge >= 0.3 is 6.09 Å². The first-order valence-corrected chi connectivity index (χ1v) is 13.0. The Labute approximate surface area is 216 Å². The highest BCUT2D eigenvalue weighted by Gasteiger charge is 2.38. The van der Waals surface area contributed by atoms with Crippen molar-refractivity contribution in [1.82, 2.24) is 15.5 Å². The topological polar surface area (TPSA) is 70.7 Å². The average molecular weight is 494 g/mol. The van der Waals surface area contributed by atoms with Crippen molar-refractivity contribution < 1.29 is 14.3 Å². The molecule has 0 saturated heterocycles. The summed E-state index contributed by atoms with van der Waals surface area (Å²) >= 11 is 0. The molecule has 0 aromatic heterocycles. The zero-order valence-corrected chi connectivity index (χ0v) is 22.8. The van der Waals surface area contributed by atoms with Crippen molar-refractivity contribution in [1.29, 1.82) is 0 Å². The van der Waals surface area contributed by atoms with E-state index in [-0.39, 0.29) is 17.5 Å². The van der Waals surface area contributed by atoms with Crippen LogP contribution in [0.4, 0.5) is 4.79 Å². The number of ether oxygens (including phenoxy) is 1. The maximum absolute atomic E-state index is 13.3. The average Bonchev–Trinajstić information content (AvgIpc) is 2.79. The van der Waals surface area contributed by atoms with Gasteiger partial charge in [0.2, 0.25) is 5.91 Å². The number of aryl methyl sites for hydroxylation is 1. The molecule has 1 fully saturated rings. The summed E-state index contributed by atoms with van der Waals surface area (Å²) in [5, 5.41) is 6.03. The van der Waals surface area contributed by atoms with Crippen LogP contribution in [0.2, 0.25) is 0 Å². The fraction of sp³-hybridized carbons (Fsp3) is 0.533. The number of benzene rings is 2. The van der Waals surface area contributed by atoms with E-state index in [4.69, 9.17) is 4.74 Å². The van der Waals surface area contributed by atoms with Crippen LogP contribution in [0.5, 0.6) is 0 Å². The van der Waals surface area contributed by atoms with E-state index in [1.807, 2.05) is 51.1 Å². The number of nitrogens with one attached hydrogen (secondary N) is 2. The van der Waals surface area contributed by atoms with Crippen LogP contribution in [-0.2, 0) is 22.4 Å². The van der Waals surface area contributed by atoms with E-state index in [1.54, 1.807) is 0 Å². The molecule has 0 radical (unpaired) electrons. The first kappa shape index (κ1) is 27.7. The van der Waals surface area contributed by atoms with Gasteiger partial charge in [0.15, 0.2) is 0 Å². The standard InChI is InChI=1S/C30H43N3O3/c1-22-11-10-14-24(19-22)21-30(33(5)6)17-15-25(16-18-30)31-27(34)26(20-23-12-8-7-9-13-23)32-28(35)36-29(2,3)4/h7-14,19,25-26H,15-18,20-21H2,1-6H3,(H,31,34)(H,32,35). The largest absolute Gasteiger partial charge is 0.444 e. The maximum atomic E-state index is 13.3. The molecule has 196 valence electrons. The molecule has 2 aromatic carbocycles. The van der Waals surface area contributed by atoms with Gasteiger partial charge in [-0.2, -0.15) is 0 Å². The molecule has 0 heterocycles. The normalized spacial score (nSPS) is 21.0. The summed E-state index contributed by atoms with van der Waals surface area (Å²) in [6.07, 6.45) is 4.64. The monoisotopic (exact) mass is 493 g/mol. The summed E-state index contributed by atoms with van der Waals surface area (Å²) in [7, 11) is 4.32. The van der Waals surface area contributed by atoms with Gasteiger partial charge < -0.3 is 20.3 Å². The lowest BCUT2D eigenvalue weighted by Gasteiger charge is -2.45. The molecule has 0 bridgehead atoms. The van der Waals surface area contributed by atoms with Crippen molar-refractivity contribution in [2.75, 3.05) is 14.1 Å². The highest BCUT2D eigenvalue weighted by atomic mass is 16.6. The summed E-state index contributed by atoms with van der Waals surface area (Å²) in [5.41, 5.74) is 3.07. The Balaban J connectivity index is 1.65. The van der Waals surface area contributed by atoms with E-state index < -0.39 is 17.7 Å². The van der Waals surface area contributed by atoms with Gasteiger partial charge in [0.05, 0.1) is 0 Å². The molecule has 2 aromatic rings. The molecule has 6 nitrogen and oxygen atoms in total. The van der Waals surface area contributed by atoms with Crippen molar-refractivity contribution in [2.45, 2.75) is 89.4 Å². The number of hydrogen-bond acceptors (Lipinski definition) is 4. The molecule has 1 saturated carbocycles. The van der Waals surface area contributed by atoms with Crippen LogP contribution in [0, 0.1) is 6.92 Å². The van der Waals surface area contributed by atoms with Gasteiger partial charge in [-0.05, 0) is 85.0 Å². The Hall–Kier alpha value is -2.86. The Bertz CT molecular complexity index is 1010. The first-order chi connectivity index (χ1) is 17.0. The highest BCUT2D eigenvalue weighted by molar-refractivity contribution is 5.86. The van der Waals surface area contributed by atoms with Crippen molar-refractivity contribution in [2.24, 2.45) is 0 Å². The maximum Gasteiger partial charge on any atom is 0.408 e. The van der Waals surface area contributed by atoms with E-state index in [0.717, 1.165) is 37.7 Å². The van der Waals surface area contributed by atoms with E-state index in [2.05, 4.69) is 60.8 Å². The molecule has 6 heteroatoms. The van der Waals surface area contributed by atoms with Gasteiger partial charge in [0.1, 0.15) is 11.6 Å². The zero-order valence-electron chi connectivity index (χ0n) is 22.8. The second kappa shape index (κ2) is 11.9. The predicted octanol–water partition coefficient (Wildman–Crippen LogP) is 5.03. The third-order valence-electron chi connectivity index (χ3n) is 7.12. The summed E-state index contributed by atoms with van der Waals surface area (Å²) in [5.74, 6) is -0.161. The Morgan fingerprint density at radius 1 is 1.03 bits per heavy atom. The molecule has 1 aliphatic rings. The number of likely N-dealkylation sites (N-methyl/N-ethyl adjacent to an activating group) is 1. The number of alkyl carbamates (subject to hydrolysis) is 1. The molecule has 0 aliphatic heterocycles. The Kier molecular flexibility index (Phi) is 9.18. The minimum atomic E-state index is -0.699. The smallest absolute Gasteiger partial charge is 0.408 e. The summed E-state index contributed by atoms with van der Waals surface area (Å²) in [4.78, 5) is 28.2. The molecule has 3 rings (SSSR count). The summed E-state index contributed by atoms with van der Waals surface area (Å²) in [6, 6.07) is 17.9. The van der Waals surface area contributed by atoms with E-state index >= 15 is 0 Å². The molecule has 2 amide bonds. The number of rotatable bonds is 8. The van der Waals surface area contributed by atoms with Crippen LogP contribution in [0.3, 0.4) is 0 Å². The molecule has 1 atom stereocenters. The van der Waals surface area contributed by atoms with Crippen molar-refractivity contribution in [3.63, 3.8) is 0 Å². The van der Waals surface area contributed by atoms with Crippen LogP contribution >= 0.6 is 0 Å². The zero-order chi connectivity index (χ0) is 26.3. The quantitative estimate of drug-likeness (QED) is 0.541. The fourth-order valence-corrected chi connectivity index (χ4v) is 5.09. The SMILES string of the molecule is Cc1cccc(CC2(N(C)C)CCC(NC(=O)C(Cc3ccccc3)NC(=O)OC(C)(C)C)CC2)c1. The molecule has 2 N–H and O–H groups in total. The minimum absolute atomic E-state index is 0.0766. The third kappa shape index (κ3) is 8.09. The Morgan fingerprint density at radius 2 is 1.67 bits per heavy atom. The fourth-order valence-electron chi connectivity index (χ4n) is 5.09. The van der Waals surface area contributed by atoms with E-state index in [0.29, 0.717) is 6.42 Å². The molecule has 1 unspecified atom stereocenters. The Morgan fingerprint density at radius 3 is 2.25 bits per heavy atom. The number of hydrogen-bond donors (Lipinski definition) is 2. The predicted molar refractivity (Wildman–Crippen MR) is 145 cm³/mol. The first-order valence-electron chi connectivity index (χ1n) is 13.0. The minimum Gasteiger partial charge on any atom is -0.444 e. The van der Waals surface area contributed by atoms with Gasteiger partial charge in [-0.3, -0.25) is 4.79 Å². The van der Waals surface area contributed by atoms with Gasteiger partial charge in [-0.25, -0.2) is 4.79 Å². The second-order valence-electron chi connectivity index (χ2n) is 11.5. The molecular formula is C30H43N3O3. The van der Waals surface area contributed by atoms with Gasteiger partial charge in [-0.15, -0.1) is 0 Å². The van der Waals surface area contributed by atoms with E-state index in [1.165, 1.54) is 11.1 Å². The highest BCUT2D eigenvalue weighted by Crippen LogP contribution is 2.35.